The Morgan fingerprint density at radius 3 is 2.79 bits per heavy atom. The smallest absolute Gasteiger partial charge is 0.225 e. The van der Waals surface area contributed by atoms with E-state index in [1.165, 1.54) is 37.8 Å². The number of benzene rings is 1. The van der Waals surface area contributed by atoms with Crippen LogP contribution in [0.25, 0.3) is 10.9 Å². The highest BCUT2D eigenvalue weighted by molar-refractivity contribution is 5.89. The minimum absolute atomic E-state index is 0.0249. The molecule has 6 heteroatoms. The summed E-state index contributed by atoms with van der Waals surface area (Å²) in [5, 5.41) is 4.03. The fourth-order valence-corrected chi connectivity index (χ4v) is 4.52. The fraction of sp³-hybridized carbons (Fsp3) is 0.545. The van der Waals surface area contributed by atoms with Crippen molar-refractivity contribution in [1.29, 1.82) is 0 Å². The summed E-state index contributed by atoms with van der Waals surface area (Å²) in [5.41, 5.74) is 1.89. The van der Waals surface area contributed by atoms with E-state index in [1.807, 2.05) is 6.20 Å². The Labute approximate surface area is 164 Å². The molecule has 2 amide bonds. The quantitative estimate of drug-likeness (QED) is 0.773. The second-order valence-electron chi connectivity index (χ2n) is 8.19. The maximum atomic E-state index is 13.5. The van der Waals surface area contributed by atoms with Gasteiger partial charge in [-0.3, -0.25) is 9.59 Å². The molecule has 1 saturated heterocycles. The highest BCUT2D eigenvalue weighted by Gasteiger charge is 2.34. The Bertz CT molecular complexity index is 855. The molecule has 28 heavy (non-hydrogen) atoms. The number of hydrogen-bond acceptors (Lipinski definition) is 2. The van der Waals surface area contributed by atoms with Crippen molar-refractivity contribution < 1.29 is 14.0 Å². The third-order valence-electron chi connectivity index (χ3n) is 6.17. The van der Waals surface area contributed by atoms with Crippen molar-refractivity contribution in [2.75, 3.05) is 13.1 Å². The fourth-order valence-electron chi connectivity index (χ4n) is 4.52. The van der Waals surface area contributed by atoms with Gasteiger partial charge >= 0.3 is 0 Å². The van der Waals surface area contributed by atoms with Gasteiger partial charge in [0.25, 0.3) is 0 Å². The molecule has 4 rings (SSSR count). The molecule has 2 aromatic rings. The van der Waals surface area contributed by atoms with E-state index in [0.717, 1.165) is 29.3 Å². The van der Waals surface area contributed by atoms with Crippen molar-refractivity contribution in [1.82, 2.24) is 15.2 Å². The second kappa shape index (κ2) is 8.33. The van der Waals surface area contributed by atoms with Gasteiger partial charge in [0.05, 0.1) is 5.92 Å². The molecule has 1 aromatic heterocycles. The normalized spacial score (nSPS) is 21.2. The number of nitrogens with zero attached hydrogens (tertiary/aromatic N) is 1. The lowest BCUT2D eigenvalue weighted by molar-refractivity contribution is -0.129. The van der Waals surface area contributed by atoms with E-state index in [0.29, 0.717) is 25.9 Å². The molecule has 2 aliphatic rings. The van der Waals surface area contributed by atoms with Gasteiger partial charge in [-0.2, -0.15) is 0 Å². The molecule has 1 atom stereocenters. The van der Waals surface area contributed by atoms with Gasteiger partial charge in [-0.15, -0.1) is 0 Å². The molecular formula is C22H28FN3O2. The summed E-state index contributed by atoms with van der Waals surface area (Å²) in [6.07, 6.45) is 9.76. The number of fused-ring (bicyclic) bond motifs is 1. The van der Waals surface area contributed by atoms with Gasteiger partial charge in [-0.25, -0.2) is 4.39 Å². The largest absolute Gasteiger partial charge is 0.361 e. The summed E-state index contributed by atoms with van der Waals surface area (Å²) in [4.78, 5) is 29.9. The van der Waals surface area contributed by atoms with Gasteiger partial charge in [0.15, 0.2) is 0 Å². The minimum Gasteiger partial charge on any atom is -0.361 e. The van der Waals surface area contributed by atoms with Gasteiger partial charge < -0.3 is 15.2 Å². The van der Waals surface area contributed by atoms with Crippen LogP contribution in [0.5, 0.6) is 0 Å². The van der Waals surface area contributed by atoms with Crippen LogP contribution in [0.4, 0.5) is 4.39 Å². The summed E-state index contributed by atoms with van der Waals surface area (Å²) in [5.74, 6) is -0.457. The first-order chi connectivity index (χ1) is 13.6. The number of rotatable bonds is 5. The molecule has 5 nitrogen and oxygen atoms in total. The van der Waals surface area contributed by atoms with E-state index < -0.39 is 0 Å². The topological polar surface area (TPSA) is 65.2 Å². The number of nitrogens with one attached hydrogen (secondary N) is 2. The Kier molecular flexibility index (Phi) is 5.64. The lowest BCUT2D eigenvalue weighted by atomic mass is 10.0. The first-order valence-electron chi connectivity index (χ1n) is 10.4. The maximum absolute atomic E-state index is 13.5. The average Bonchev–Trinajstić information content (AvgIpc) is 3.14. The molecule has 2 heterocycles. The Morgan fingerprint density at radius 2 is 2.00 bits per heavy atom. The Hall–Kier alpha value is -2.37. The minimum atomic E-state index is -0.263. The molecule has 2 N–H and O–H groups in total. The number of aromatic nitrogens is 1. The molecular weight excluding hydrogens is 357 g/mol. The highest BCUT2D eigenvalue weighted by atomic mass is 19.1. The Balaban J connectivity index is 1.32. The van der Waals surface area contributed by atoms with E-state index in [-0.39, 0.29) is 29.6 Å². The first-order valence-corrected chi connectivity index (χ1v) is 10.4. The lowest BCUT2D eigenvalue weighted by Gasteiger charge is -2.20. The zero-order chi connectivity index (χ0) is 19.5. The lowest BCUT2D eigenvalue weighted by Crippen LogP contribution is -2.39. The molecule has 1 saturated carbocycles. The zero-order valence-electron chi connectivity index (χ0n) is 16.2. The van der Waals surface area contributed by atoms with Crippen molar-refractivity contribution in [3.05, 3.63) is 35.8 Å². The second-order valence-corrected chi connectivity index (χ2v) is 8.19. The van der Waals surface area contributed by atoms with Crippen LogP contribution < -0.4 is 5.32 Å². The number of likely N-dealkylation sites (tertiary alicyclic amines) is 1. The number of hydrogen-bond donors (Lipinski definition) is 2. The molecule has 2 fully saturated rings. The van der Waals surface area contributed by atoms with E-state index in [4.69, 9.17) is 0 Å². The third kappa shape index (κ3) is 4.21. The van der Waals surface area contributed by atoms with Gasteiger partial charge in [0.2, 0.25) is 11.8 Å². The standard InChI is InChI=1S/C22H28FN3O2/c23-17-7-8-20-19(12-17)15(13-24-20)9-10-26-14-16(11-21(26)27)22(28)25-18-5-3-1-2-4-6-18/h7-8,12-13,16,18,24H,1-6,9-11,14H2,(H,25,28)/t16-/m0/s1. The number of aromatic amines is 1. The van der Waals surface area contributed by atoms with Crippen LogP contribution in [0.15, 0.2) is 24.4 Å². The van der Waals surface area contributed by atoms with Crippen LogP contribution in [0.1, 0.15) is 50.5 Å². The van der Waals surface area contributed by atoms with Crippen molar-refractivity contribution in [2.45, 2.75) is 57.4 Å². The van der Waals surface area contributed by atoms with Crippen LogP contribution in [0.2, 0.25) is 0 Å². The van der Waals surface area contributed by atoms with Gasteiger partial charge in [-0.1, -0.05) is 25.7 Å². The van der Waals surface area contributed by atoms with Crippen molar-refractivity contribution in [3.63, 3.8) is 0 Å². The van der Waals surface area contributed by atoms with E-state index in [9.17, 15) is 14.0 Å². The zero-order valence-corrected chi connectivity index (χ0v) is 16.2. The molecule has 150 valence electrons. The molecule has 1 aliphatic carbocycles. The number of carbonyl (C=O) groups is 2. The van der Waals surface area contributed by atoms with E-state index >= 15 is 0 Å². The summed E-state index contributed by atoms with van der Waals surface area (Å²) >= 11 is 0. The summed E-state index contributed by atoms with van der Waals surface area (Å²) in [6.45, 7) is 1.03. The van der Waals surface area contributed by atoms with Gasteiger partial charge in [0.1, 0.15) is 5.82 Å². The van der Waals surface area contributed by atoms with Crippen LogP contribution in [0, 0.1) is 11.7 Å². The molecule has 0 spiro atoms. The molecule has 0 radical (unpaired) electrons. The first kappa shape index (κ1) is 19.0. The number of H-pyrrole nitrogens is 1. The molecule has 1 aromatic carbocycles. The van der Waals surface area contributed by atoms with Crippen molar-refractivity contribution in [3.8, 4) is 0 Å². The molecule has 0 unspecified atom stereocenters. The van der Waals surface area contributed by atoms with Crippen LogP contribution in [0.3, 0.4) is 0 Å². The van der Waals surface area contributed by atoms with Crippen molar-refractivity contribution in [2.24, 2.45) is 5.92 Å². The predicted molar refractivity (Wildman–Crippen MR) is 106 cm³/mol. The van der Waals surface area contributed by atoms with E-state index in [1.54, 1.807) is 11.0 Å². The number of halogens is 1. The molecule has 1 aliphatic heterocycles. The average molecular weight is 385 g/mol. The SMILES string of the molecule is O=C(NC1CCCCCC1)[C@H]1CC(=O)N(CCc2c[nH]c3ccc(F)cc23)C1. The number of amides is 2. The van der Waals surface area contributed by atoms with Crippen LogP contribution >= 0.6 is 0 Å². The molecule has 0 bridgehead atoms. The Morgan fingerprint density at radius 1 is 1.21 bits per heavy atom. The van der Waals surface area contributed by atoms with E-state index in [2.05, 4.69) is 10.3 Å². The summed E-state index contributed by atoms with van der Waals surface area (Å²) < 4.78 is 13.5. The summed E-state index contributed by atoms with van der Waals surface area (Å²) in [7, 11) is 0. The summed E-state index contributed by atoms with van der Waals surface area (Å²) in [6, 6.07) is 4.95. The monoisotopic (exact) mass is 385 g/mol. The van der Waals surface area contributed by atoms with Gasteiger partial charge in [-0.05, 0) is 43.0 Å². The van der Waals surface area contributed by atoms with Crippen molar-refractivity contribution >= 4 is 22.7 Å². The van der Waals surface area contributed by atoms with Crippen LogP contribution in [-0.2, 0) is 16.0 Å². The highest BCUT2D eigenvalue weighted by Crippen LogP contribution is 2.23. The number of carbonyl (C=O) groups excluding carboxylic acids is 2. The predicted octanol–water partition coefficient (Wildman–Crippen LogP) is 3.54. The third-order valence-corrected chi connectivity index (χ3v) is 6.17. The van der Waals surface area contributed by atoms with Crippen LogP contribution in [-0.4, -0.2) is 40.8 Å². The maximum Gasteiger partial charge on any atom is 0.225 e. The van der Waals surface area contributed by atoms with Gasteiger partial charge in [0, 0.05) is 42.7 Å².